The molecule has 2 unspecified atom stereocenters. The Morgan fingerprint density at radius 3 is 3.00 bits per heavy atom. The molecule has 0 aromatic rings. The van der Waals surface area contributed by atoms with Gasteiger partial charge in [-0.2, -0.15) is 5.26 Å². The van der Waals surface area contributed by atoms with Crippen molar-refractivity contribution >= 4 is 0 Å². The second kappa shape index (κ2) is 2.79. The second-order valence-electron chi connectivity index (χ2n) is 2.15. The van der Waals surface area contributed by atoms with E-state index < -0.39 is 6.17 Å². The van der Waals surface area contributed by atoms with Crippen LogP contribution in [-0.4, -0.2) is 19.4 Å². The first-order chi connectivity index (χ1) is 4.34. The summed E-state index contributed by atoms with van der Waals surface area (Å²) in [6, 6.07) is 1.56. The van der Waals surface area contributed by atoms with E-state index in [0.29, 0.717) is 19.6 Å². The van der Waals surface area contributed by atoms with Gasteiger partial charge in [-0.05, 0) is 6.42 Å². The van der Waals surface area contributed by atoms with Gasteiger partial charge in [0.25, 0.3) is 0 Å². The van der Waals surface area contributed by atoms with Gasteiger partial charge in [-0.3, -0.25) is 0 Å². The van der Waals surface area contributed by atoms with Gasteiger partial charge < -0.3 is 4.74 Å². The number of hydrogen-bond acceptors (Lipinski definition) is 2. The third-order valence-electron chi connectivity index (χ3n) is 1.50. The highest BCUT2D eigenvalue weighted by Crippen LogP contribution is 2.18. The predicted octanol–water partition coefficient (Wildman–Crippen LogP) is 0.885. The monoisotopic (exact) mass is 129 g/mol. The van der Waals surface area contributed by atoms with Crippen LogP contribution in [0.3, 0.4) is 0 Å². The lowest BCUT2D eigenvalue weighted by atomic mass is 10.0. The molecule has 2 atom stereocenters. The molecule has 0 aromatic carbocycles. The average Bonchev–Trinajstić information content (AvgIpc) is 2.37. The maximum Gasteiger partial charge on any atom is 0.191 e. The van der Waals surface area contributed by atoms with Gasteiger partial charge in [0.05, 0.1) is 6.61 Å². The Balaban J connectivity index is 2.34. The van der Waals surface area contributed by atoms with Crippen LogP contribution in [0.4, 0.5) is 4.39 Å². The molecule has 0 bridgehead atoms. The normalized spacial score (nSPS) is 29.6. The second-order valence-corrected chi connectivity index (χ2v) is 2.15. The molecule has 9 heavy (non-hydrogen) atoms. The maximum absolute atomic E-state index is 12.4. The Hall–Kier alpha value is -0.620. The zero-order chi connectivity index (χ0) is 6.69. The topological polar surface area (TPSA) is 33.0 Å². The minimum absolute atomic E-state index is 0.171. The van der Waals surface area contributed by atoms with Crippen molar-refractivity contribution in [2.45, 2.75) is 12.6 Å². The van der Waals surface area contributed by atoms with E-state index in [-0.39, 0.29) is 5.92 Å². The van der Waals surface area contributed by atoms with E-state index in [4.69, 9.17) is 10.00 Å². The number of nitrogens with zero attached hydrogens (tertiary/aromatic N) is 1. The van der Waals surface area contributed by atoms with Gasteiger partial charge in [-0.25, -0.2) is 4.39 Å². The first-order valence-corrected chi connectivity index (χ1v) is 2.96. The van der Waals surface area contributed by atoms with Crippen LogP contribution in [0.25, 0.3) is 0 Å². The molecule has 0 radical (unpaired) electrons. The fraction of sp³-hybridized carbons (Fsp3) is 0.833. The van der Waals surface area contributed by atoms with Crippen LogP contribution < -0.4 is 0 Å². The zero-order valence-electron chi connectivity index (χ0n) is 5.01. The molecule has 0 aromatic heterocycles. The predicted molar refractivity (Wildman–Crippen MR) is 29.4 cm³/mol. The summed E-state index contributed by atoms with van der Waals surface area (Å²) in [5.74, 6) is -0.171. The van der Waals surface area contributed by atoms with Crippen LogP contribution in [0.5, 0.6) is 0 Å². The van der Waals surface area contributed by atoms with Crippen molar-refractivity contribution in [2.24, 2.45) is 5.92 Å². The Bertz CT molecular complexity index is 126. The van der Waals surface area contributed by atoms with Crippen molar-refractivity contribution in [1.82, 2.24) is 0 Å². The Morgan fingerprint density at radius 1 is 1.78 bits per heavy atom. The smallest absolute Gasteiger partial charge is 0.191 e. The van der Waals surface area contributed by atoms with Crippen LogP contribution in [0.1, 0.15) is 6.42 Å². The fourth-order valence-corrected chi connectivity index (χ4v) is 0.889. The number of hydrogen-bond donors (Lipinski definition) is 0. The van der Waals surface area contributed by atoms with E-state index in [1.165, 1.54) is 0 Å². The molecule has 1 saturated heterocycles. The van der Waals surface area contributed by atoms with Gasteiger partial charge in [0.15, 0.2) is 6.17 Å². The van der Waals surface area contributed by atoms with Crippen molar-refractivity contribution in [2.75, 3.05) is 13.2 Å². The van der Waals surface area contributed by atoms with Gasteiger partial charge in [0, 0.05) is 12.5 Å². The third-order valence-corrected chi connectivity index (χ3v) is 1.50. The third kappa shape index (κ3) is 1.39. The van der Waals surface area contributed by atoms with Crippen LogP contribution in [0.15, 0.2) is 0 Å². The van der Waals surface area contributed by atoms with E-state index in [1.54, 1.807) is 6.07 Å². The number of rotatable bonds is 1. The van der Waals surface area contributed by atoms with Crippen molar-refractivity contribution in [3.63, 3.8) is 0 Å². The molecule has 0 spiro atoms. The van der Waals surface area contributed by atoms with E-state index >= 15 is 0 Å². The zero-order valence-corrected chi connectivity index (χ0v) is 5.01. The molecule has 0 amide bonds. The van der Waals surface area contributed by atoms with Crippen molar-refractivity contribution < 1.29 is 9.13 Å². The Morgan fingerprint density at radius 2 is 2.56 bits per heavy atom. The first-order valence-electron chi connectivity index (χ1n) is 2.96. The lowest BCUT2D eigenvalue weighted by Crippen LogP contribution is -2.13. The maximum atomic E-state index is 12.4. The van der Waals surface area contributed by atoms with Gasteiger partial charge in [0.2, 0.25) is 0 Å². The van der Waals surface area contributed by atoms with E-state index in [2.05, 4.69) is 0 Å². The van der Waals surface area contributed by atoms with Crippen LogP contribution in [0.2, 0.25) is 0 Å². The highest BCUT2D eigenvalue weighted by atomic mass is 19.1. The van der Waals surface area contributed by atoms with E-state index in [9.17, 15) is 4.39 Å². The highest BCUT2D eigenvalue weighted by Gasteiger charge is 2.24. The first kappa shape index (κ1) is 6.50. The minimum atomic E-state index is -1.33. The van der Waals surface area contributed by atoms with Gasteiger partial charge >= 0.3 is 0 Å². The molecule has 3 heteroatoms. The summed E-state index contributed by atoms with van der Waals surface area (Å²) < 4.78 is 17.3. The van der Waals surface area contributed by atoms with Gasteiger partial charge in [-0.1, -0.05) is 0 Å². The number of halogens is 1. The quantitative estimate of drug-likeness (QED) is 0.526. The van der Waals surface area contributed by atoms with Crippen LogP contribution in [0, 0.1) is 17.2 Å². The molecular weight excluding hydrogens is 121 g/mol. The summed E-state index contributed by atoms with van der Waals surface area (Å²) in [5.41, 5.74) is 0. The summed E-state index contributed by atoms with van der Waals surface area (Å²) >= 11 is 0. The molecule has 0 N–H and O–H groups in total. The highest BCUT2D eigenvalue weighted by molar-refractivity contribution is 4.89. The number of ether oxygens (including phenoxy) is 1. The van der Waals surface area contributed by atoms with E-state index in [0.717, 1.165) is 0 Å². The molecule has 2 nitrogen and oxygen atoms in total. The van der Waals surface area contributed by atoms with E-state index in [1.807, 2.05) is 0 Å². The summed E-state index contributed by atoms with van der Waals surface area (Å²) in [6.45, 7) is 1.02. The SMILES string of the molecule is N#CC(F)C1CCOC1. The Kier molecular flexibility index (Phi) is 2.01. The average molecular weight is 129 g/mol. The molecule has 1 fully saturated rings. The molecule has 0 aliphatic carbocycles. The van der Waals surface area contributed by atoms with Crippen molar-refractivity contribution in [1.29, 1.82) is 5.26 Å². The van der Waals surface area contributed by atoms with Crippen LogP contribution in [-0.2, 0) is 4.74 Å². The Labute approximate surface area is 53.2 Å². The molecule has 50 valence electrons. The summed E-state index contributed by atoms with van der Waals surface area (Å²) in [6.07, 6.45) is -0.637. The molecule has 1 aliphatic rings. The standard InChI is InChI=1S/C6H8FNO/c7-6(3-8)5-1-2-9-4-5/h5-6H,1-2,4H2. The number of alkyl halides is 1. The molecule has 1 heterocycles. The lowest BCUT2D eigenvalue weighted by Gasteiger charge is -2.03. The number of nitriles is 1. The fourth-order valence-electron chi connectivity index (χ4n) is 0.889. The minimum Gasteiger partial charge on any atom is -0.381 e. The summed E-state index contributed by atoms with van der Waals surface area (Å²) in [5, 5.41) is 8.11. The summed E-state index contributed by atoms with van der Waals surface area (Å²) in [4.78, 5) is 0. The molecule has 1 rings (SSSR count). The lowest BCUT2D eigenvalue weighted by molar-refractivity contribution is 0.169. The molecule has 1 aliphatic heterocycles. The van der Waals surface area contributed by atoms with Crippen molar-refractivity contribution in [3.05, 3.63) is 0 Å². The molecular formula is C6H8FNO. The van der Waals surface area contributed by atoms with Crippen molar-refractivity contribution in [3.8, 4) is 6.07 Å². The van der Waals surface area contributed by atoms with Gasteiger partial charge in [0.1, 0.15) is 6.07 Å². The largest absolute Gasteiger partial charge is 0.381 e. The van der Waals surface area contributed by atoms with Gasteiger partial charge in [-0.15, -0.1) is 0 Å². The molecule has 0 saturated carbocycles. The van der Waals surface area contributed by atoms with Crippen LogP contribution >= 0.6 is 0 Å². The summed E-state index contributed by atoms with van der Waals surface area (Å²) in [7, 11) is 0.